The van der Waals surface area contributed by atoms with Crippen molar-refractivity contribution in [2.45, 2.75) is 58.8 Å². The third kappa shape index (κ3) is 2.08. The number of rotatable bonds is 4. The van der Waals surface area contributed by atoms with Crippen molar-refractivity contribution < 1.29 is 14.6 Å². The van der Waals surface area contributed by atoms with E-state index in [9.17, 15) is 4.79 Å². The van der Waals surface area contributed by atoms with E-state index in [0.717, 1.165) is 13.0 Å². The molecule has 1 aliphatic heterocycles. The SMILES string of the molecule is CC1(C)C(NCC2CCC(C(=O)O)O2)C1(C)C. The zero-order valence-corrected chi connectivity index (χ0v) is 11.1. The Bertz CT molecular complexity index is 311. The number of carboxylic acids is 1. The molecule has 98 valence electrons. The van der Waals surface area contributed by atoms with Gasteiger partial charge in [-0.15, -0.1) is 0 Å². The molecule has 4 heteroatoms. The Labute approximate surface area is 103 Å². The monoisotopic (exact) mass is 241 g/mol. The molecular weight excluding hydrogens is 218 g/mol. The third-order valence-corrected chi connectivity index (χ3v) is 4.95. The summed E-state index contributed by atoms with van der Waals surface area (Å²) < 4.78 is 5.48. The molecule has 0 amide bonds. The molecule has 2 aliphatic rings. The summed E-state index contributed by atoms with van der Waals surface area (Å²) in [6.45, 7) is 9.82. The van der Waals surface area contributed by atoms with E-state index in [4.69, 9.17) is 9.84 Å². The summed E-state index contributed by atoms with van der Waals surface area (Å²) >= 11 is 0. The minimum Gasteiger partial charge on any atom is -0.479 e. The predicted molar refractivity (Wildman–Crippen MR) is 64.9 cm³/mol. The summed E-state index contributed by atoms with van der Waals surface area (Å²) in [6, 6.07) is 0.502. The van der Waals surface area contributed by atoms with Crippen molar-refractivity contribution >= 4 is 5.97 Å². The first-order valence-corrected chi connectivity index (χ1v) is 6.38. The van der Waals surface area contributed by atoms with Crippen molar-refractivity contribution in [2.75, 3.05) is 6.54 Å². The lowest BCUT2D eigenvalue weighted by Crippen LogP contribution is -2.32. The number of carboxylic acid groups (broad SMARTS) is 1. The Morgan fingerprint density at radius 2 is 1.88 bits per heavy atom. The number of hydrogen-bond acceptors (Lipinski definition) is 3. The van der Waals surface area contributed by atoms with E-state index in [1.165, 1.54) is 0 Å². The molecule has 2 rings (SSSR count). The van der Waals surface area contributed by atoms with E-state index in [1.54, 1.807) is 0 Å². The summed E-state index contributed by atoms with van der Waals surface area (Å²) in [6.07, 6.45) is 0.946. The Kier molecular flexibility index (Phi) is 2.99. The molecular formula is C13H23NO3. The molecule has 0 aromatic carbocycles. The number of carbonyl (C=O) groups is 1. The van der Waals surface area contributed by atoms with Crippen LogP contribution in [0.5, 0.6) is 0 Å². The second-order valence-electron chi connectivity index (χ2n) is 6.45. The van der Waals surface area contributed by atoms with Crippen LogP contribution in [-0.4, -0.2) is 35.9 Å². The lowest BCUT2D eigenvalue weighted by Gasteiger charge is -2.13. The van der Waals surface area contributed by atoms with Crippen LogP contribution in [0.1, 0.15) is 40.5 Å². The third-order valence-electron chi connectivity index (χ3n) is 4.95. The van der Waals surface area contributed by atoms with Crippen LogP contribution in [0.4, 0.5) is 0 Å². The van der Waals surface area contributed by atoms with E-state index in [0.29, 0.717) is 23.3 Å². The molecule has 4 nitrogen and oxygen atoms in total. The molecule has 2 fully saturated rings. The van der Waals surface area contributed by atoms with Gasteiger partial charge in [0.2, 0.25) is 0 Å². The fourth-order valence-electron chi connectivity index (χ4n) is 2.99. The number of ether oxygens (including phenoxy) is 1. The van der Waals surface area contributed by atoms with Crippen LogP contribution >= 0.6 is 0 Å². The van der Waals surface area contributed by atoms with Crippen LogP contribution in [0.25, 0.3) is 0 Å². The summed E-state index contributed by atoms with van der Waals surface area (Å²) in [5, 5.41) is 12.4. The smallest absolute Gasteiger partial charge is 0.332 e. The zero-order valence-electron chi connectivity index (χ0n) is 11.1. The van der Waals surface area contributed by atoms with E-state index in [1.807, 2.05) is 0 Å². The Morgan fingerprint density at radius 1 is 1.29 bits per heavy atom. The maximum atomic E-state index is 10.8. The average Bonchev–Trinajstić information content (AvgIpc) is 2.58. The summed E-state index contributed by atoms with van der Waals surface area (Å²) in [4.78, 5) is 10.8. The van der Waals surface area contributed by atoms with Gasteiger partial charge in [0.1, 0.15) is 0 Å². The molecule has 2 atom stereocenters. The van der Waals surface area contributed by atoms with E-state index >= 15 is 0 Å². The maximum absolute atomic E-state index is 10.8. The van der Waals surface area contributed by atoms with Crippen molar-refractivity contribution in [3.05, 3.63) is 0 Å². The van der Waals surface area contributed by atoms with Crippen molar-refractivity contribution in [2.24, 2.45) is 10.8 Å². The lowest BCUT2D eigenvalue weighted by molar-refractivity contribution is -0.149. The highest BCUT2D eigenvalue weighted by molar-refractivity contribution is 5.72. The normalized spacial score (nSPS) is 34.8. The first-order chi connectivity index (χ1) is 7.76. The predicted octanol–water partition coefficient (Wildman–Crippen LogP) is 1.64. The molecule has 2 N–H and O–H groups in total. The molecule has 17 heavy (non-hydrogen) atoms. The van der Waals surface area contributed by atoms with Gasteiger partial charge in [-0.2, -0.15) is 0 Å². The van der Waals surface area contributed by atoms with Crippen molar-refractivity contribution in [1.82, 2.24) is 5.32 Å². The Morgan fingerprint density at radius 3 is 2.29 bits per heavy atom. The average molecular weight is 241 g/mol. The molecule has 2 unspecified atom stereocenters. The largest absolute Gasteiger partial charge is 0.479 e. The number of aliphatic carboxylic acids is 1. The van der Waals surface area contributed by atoms with Gasteiger partial charge < -0.3 is 15.2 Å². The Balaban J connectivity index is 1.77. The minimum atomic E-state index is -0.834. The lowest BCUT2D eigenvalue weighted by atomic mass is 10.0. The van der Waals surface area contributed by atoms with Crippen LogP contribution in [0.15, 0.2) is 0 Å². The van der Waals surface area contributed by atoms with Crippen molar-refractivity contribution in [3.63, 3.8) is 0 Å². The minimum absolute atomic E-state index is 0.0586. The molecule has 1 saturated heterocycles. The van der Waals surface area contributed by atoms with Crippen LogP contribution in [0, 0.1) is 10.8 Å². The van der Waals surface area contributed by atoms with Crippen LogP contribution in [-0.2, 0) is 9.53 Å². The first kappa shape index (κ1) is 12.8. The van der Waals surface area contributed by atoms with E-state index in [-0.39, 0.29) is 6.10 Å². The molecule has 0 spiro atoms. The van der Waals surface area contributed by atoms with Crippen LogP contribution in [0.3, 0.4) is 0 Å². The fourth-order valence-corrected chi connectivity index (χ4v) is 2.99. The maximum Gasteiger partial charge on any atom is 0.332 e. The second-order valence-corrected chi connectivity index (χ2v) is 6.45. The van der Waals surface area contributed by atoms with Gasteiger partial charge in [0.15, 0.2) is 6.10 Å². The quantitative estimate of drug-likeness (QED) is 0.785. The molecule has 1 aliphatic carbocycles. The first-order valence-electron chi connectivity index (χ1n) is 6.38. The van der Waals surface area contributed by atoms with Gasteiger partial charge in [-0.25, -0.2) is 4.79 Å². The van der Waals surface area contributed by atoms with Gasteiger partial charge in [-0.05, 0) is 23.7 Å². The van der Waals surface area contributed by atoms with Crippen LogP contribution < -0.4 is 5.32 Å². The molecule has 1 saturated carbocycles. The number of hydrogen-bond donors (Lipinski definition) is 2. The van der Waals surface area contributed by atoms with Gasteiger partial charge in [0, 0.05) is 12.6 Å². The standard InChI is InChI=1S/C13H23NO3/c1-12(2)11(13(12,3)4)14-7-8-5-6-9(17-8)10(15)16/h8-9,11,14H,5-7H2,1-4H3,(H,15,16). The van der Waals surface area contributed by atoms with Gasteiger partial charge >= 0.3 is 5.97 Å². The molecule has 0 aromatic heterocycles. The van der Waals surface area contributed by atoms with E-state index in [2.05, 4.69) is 33.0 Å². The zero-order chi connectivity index (χ0) is 12.8. The molecule has 0 bridgehead atoms. The molecule has 0 radical (unpaired) electrons. The van der Waals surface area contributed by atoms with Gasteiger partial charge in [-0.1, -0.05) is 27.7 Å². The van der Waals surface area contributed by atoms with Gasteiger partial charge in [-0.3, -0.25) is 0 Å². The topological polar surface area (TPSA) is 58.6 Å². The summed E-state index contributed by atoms with van der Waals surface area (Å²) in [5.41, 5.74) is 0.635. The number of nitrogens with one attached hydrogen (secondary N) is 1. The molecule has 0 aromatic rings. The highest BCUT2D eigenvalue weighted by Crippen LogP contribution is 2.62. The highest BCUT2D eigenvalue weighted by Gasteiger charge is 2.64. The van der Waals surface area contributed by atoms with Gasteiger partial charge in [0.25, 0.3) is 0 Å². The summed E-state index contributed by atoms with van der Waals surface area (Å²) in [7, 11) is 0. The molecule has 1 heterocycles. The van der Waals surface area contributed by atoms with Crippen molar-refractivity contribution in [1.29, 1.82) is 0 Å². The van der Waals surface area contributed by atoms with E-state index < -0.39 is 12.1 Å². The van der Waals surface area contributed by atoms with Crippen molar-refractivity contribution in [3.8, 4) is 0 Å². The van der Waals surface area contributed by atoms with Gasteiger partial charge in [0.05, 0.1) is 6.10 Å². The summed E-state index contributed by atoms with van der Waals surface area (Å²) in [5.74, 6) is -0.834. The fraction of sp³-hybridized carbons (Fsp3) is 0.923. The van der Waals surface area contributed by atoms with Crippen LogP contribution in [0.2, 0.25) is 0 Å². The highest BCUT2D eigenvalue weighted by atomic mass is 16.5. The second kappa shape index (κ2) is 3.95. The Hall–Kier alpha value is -0.610.